The van der Waals surface area contributed by atoms with Gasteiger partial charge in [-0.05, 0) is 17.4 Å². The van der Waals surface area contributed by atoms with E-state index in [9.17, 15) is 0 Å². The van der Waals surface area contributed by atoms with Crippen molar-refractivity contribution in [2.45, 2.75) is 20.3 Å². The SMILES string of the molecule is CC(C)CN(CCC(N)=S)c1ncnc2sccc12. The molecule has 0 spiro atoms. The van der Waals surface area contributed by atoms with Crippen LogP contribution in [0.3, 0.4) is 0 Å². The lowest BCUT2D eigenvalue weighted by Gasteiger charge is -2.25. The van der Waals surface area contributed by atoms with Crippen molar-refractivity contribution in [3.8, 4) is 0 Å². The number of hydrogen-bond donors (Lipinski definition) is 1. The number of thiophene rings is 1. The molecule has 0 unspecified atom stereocenters. The Labute approximate surface area is 122 Å². The lowest BCUT2D eigenvalue weighted by molar-refractivity contribution is 0.610. The van der Waals surface area contributed by atoms with E-state index in [-0.39, 0.29) is 0 Å². The van der Waals surface area contributed by atoms with Crippen molar-refractivity contribution >= 4 is 44.6 Å². The van der Waals surface area contributed by atoms with Crippen LogP contribution >= 0.6 is 23.6 Å². The molecule has 19 heavy (non-hydrogen) atoms. The van der Waals surface area contributed by atoms with Crippen LogP contribution in [0.4, 0.5) is 5.82 Å². The topological polar surface area (TPSA) is 55.0 Å². The number of anilines is 1. The first-order valence-corrected chi connectivity index (χ1v) is 7.58. The van der Waals surface area contributed by atoms with E-state index in [0.717, 1.165) is 29.1 Å². The molecule has 0 aliphatic carbocycles. The van der Waals surface area contributed by atoms with Gasteiger partial charge in [-0.2, -0.15) is 0 Å². The molecular formula is C13H18N4S2. The summed E-state index contributed by atoms with van der Waals surface area (Å²) in [6, 6.07) is 2.07. The monoisotopic (exact) mass is 294 g/mol. The average molecular weight is 294 g/mol. The first kappa shape index (κ1) is 14.1. The van der Waals surface area contributed by atoms with Gasteiger partial charge in [0.15, 0.2) is 0 Å². The summed E-state index contributed by atoms with van der Waals surface area (Å²) in [5.41, 5.74) is 5.62. The molecular weight excluding hydrogens is 276 g/mol. The van der Waals surface area contributed by atoms with E-state index in [1.54, 1.807) is 17.7 Å². The number of rotatable bonds is 6. The molecule has 102 valence electrons. The molecule has 2 rings (SSSR count). The summed E-state index contributed by atoms with van der Waals surface area (Å²) in [7, 11) is 0. The molecule has 2 N–H and O–H groups in total. The van der Waals surface area contributed by atoms with Crippen LogP contribution in [-0.4, -0.2) is 28.0 Å². The molecule has 0 amide bonds. The lowest BCUT2D eigenvalue weighted by Crippen LogP contribution is -2.31. The highest BCUT2D eigenvalue weighted by molar-refractivity contribution is 7.80. The van der Waals surface area contributed by atoms with E-state index in [1.165, 1.54) is 0 Å². The Hall–Kier alpha value is -1.27. The van der Waals surface area contributed by atoms with E-state index in [4.69, 9.17) is 18.0 Å². The van der Waals surface area contributed by atoms with Crippen molar-refractivity contribution in [3.05, 3.63) is 17.8 Å². The predicted octanol–water partition coefficient (Wildman–Crippen LogP) is 2.83. The molecule has 0 aliphatic heterocycles. The van der Waals surface area contributed by atoms with E-state index >= 15 is 0 Å². The van der Waals surface area contributed by atoms with Gasteiger partial charge in [-0.1, -0.05) is 26.1 Å². The van der Waals surface area contributed by atoms with Gasteiger partial charge in [-0.25, -0.2) is 9.97 Å². The normalized spacial score (nSPS) is 11.1. The van der Waals surface area contributed by atoms with Crippen LogP contribution in [-0.2, 0) is 0 Å². The highest BCUT2D eigenvalue weighted by atomic mass is 32.1. The summed E-state index contributed by atoms with van der Waals surface area (Å²) in [5, 5.41) is 3.15. The van der Waals surface area contributed by atoms with Crippen molar-refractivity contribution < 1.29 is 0 Å². The fourth-order valence-corrected chi connectivity index (χ4v) is 2.82. The summed E-state index contributed by atoms with van der Waals surface area (Å²) in [6.07, 6.45) is 2.33. The van der Waals surface area contributed by atoms with Gasteiger partial charge >= 0.3 is 0 Å². The van der Waals surface area contributed by atoms with Crippen LogP contribution in [0.15, 0.2) is 17.8 Å². The predicted molar refractivity (Wildman–Crippen MR) is 85.9 cm³/mol. The number of nitrogens with zero attached hydrogens (tertiary/aromatic N) is 3. The van der Waals surface area contributed by atoms with Gasteiger partial charge in [0.05, 0.1) is 10.4 Å². The maximum Gasteiger partial charge on any atom is 0.140 e. The average Bonchev–Trinajstić information content (AvgIpc) is 2.81. The molecule has 0 radical (unpaired) electrons. The molecule has 0 aliphatic rings. The van der Waals surface area contributed by atoms with Crippen LogP contribution in [0, 0.1) is 5.92 Å². The standard InChI is InChI=1S/C13H18N4S2/c1-9(2)7-17(5-3-11(14)18)12-10-4-6-19-13(10)16-8-15-12/h4,6,8-9H,3,5,7H2,1-2H3,(H2,14,18). The first-order valence-electron chi connectivity index (χ1n) is 6.29. The Morgan fingerprint density at radius 3 is 2.95 bits per heavy atom. The molecule has 0 bridgehead atoms. The maximum atomic E-state index is 5.62. The first-order chi connectivity index (χ1) is 9.08. The number of hydrogen-bond acceptors (Lipinski definition) is 5. The summed E-state index contributed by atoms with van der Waals surface area (Å²) >= 11 is 6.61. The number of thiocarbonyl (C=S) groups is 1. The van der Waals surface area contributed by atoms with Gasteiger partial charge in [0.2, 0.25) is 0 Å². The van der Waals surface area contributed by atoms with E-state index < -0.39 is 0 Å². The van der Waals surface area contributed by atoms with Crippen LogP contribution in [0.1, 0.15) is 20.3 Å². The zero-order valence-corrected chi connectivity index (χ0v) is 12.8. The van der Waals surface area contributed by atoms with Gasteiger partial charge < -0.3 is 10.6 Å². The Morgan fingerprint density at radius 1 is 1.47 bits per heavy atom. The number of nitrogens with two attached hydrogens (primary N) is 1. The summed E-state index contributed by atoms with van der Waals surface area (Å²) in [5.74, 6) is 1.53. The minimum atomic E-state index is 0.546. The van der Waals surface area contributed by atoms with Gasteiger partial charge in [-0.15, -0.1) is 11.3 Å². The molecule has 0 saturated carbocycles. The van der Waals surface area contributed by atoms with Crippen molar-refractivity contribution in [1.82, 2.24) is 9.97 Å². The van der Waals surface area contributed by atoms with Gasteiger partial charge in [-0.3, -0.25) is 0 Å². The fourth-order valence-electron chi connectivity index (χ4n) is 2.00. The van der Waals surface area contributed by atoms with Crippen LogP contribution < -0.4 is 10.6 Å². The third kappa shape index (κ3) is 3.61. The molecule has 2 aromatic rings. The molecule has 2 aromatic heterocycles. The third-order valence-electron chi connectivity index (χ3n) is 2.75. The van der Waals surface area contributed by atoms with E-state index in [0.29, 0.717) is 17.3 Å². The highest BCUT2D eigenvalue weighted by Crippen LogP contribution is 2.27. The molecule has 0 aromatic carbocycles. The molecule has 0 saturated heterocycles. The Balaban J connectivity index is 2.30. The molecule has 0 atom stereocenters. The second kappa shape index (κ2) is 6.25. The van der Waals surface area contributed by atoms with Crippen molar-refractivity contribution in [3.63, 3.8) is 0 Å². The Bertz CT molecular complexity index is 565. The Kier molecular flexibility index (Phi) is 4.66. The Morgan fingerprint density at radius 2 is 2.26 bits per heavy atom. The fraction of sp³-hybridized carbons (Fsp3) is 0.462. The zero-order chi connectivity index (χ0) is 13.8. The minimum absolute atomic E-state index is 0.546. The van der Waals surface area contributed by atoms with E-state index in [2.05, 4.69) is 34.8 Å². The molecule has 0 fully saturated rings. The van der Waals surface area contributed by atoms with Crippen LogP contribution in [0.2, 0.25) is 0 Å². The van der Waals surface area contributed by atoms with Crippen molar-refractivity contribution in [2.75, 3.05) is 18.0 Å². The number of fused-ring (bicyclic) bond motifs is 1. The summed E-state index contributed by atoms with van der Waals surface area (Å²) < 4.78 is 0. The smallest absolute Gasteiger partial charge is 0.140 e. The third-order valence-corrected chi connectivity index (χ3v) is 3.78. The minimum Gasteiger partial charge on any atom is -0.393 e. The second-order valence-corrected chi connectivity index (χ2v) is 6.31. The largest absolute Gasteiger partial charge is 0.393 e. The molecule has 4 nitrogen and oxygen atoms in total. The van der Waals surface area contributed by atoms with Gasteiger partial charge in [0.25, 0.3) is 0 Å². The highest BCUT2D eigenvalue weighted by Gasteiger charge is 2.14. The second-order valence-electron chi connectivity index (χ2n) is 4.89. The molecule has 6 heteroatoms. The molecule has 2 heterocycles. The van der Waals surface area contributed by atoms with Crippen molar-refractivity contribution in [1.29, 1.82) is 0 Å². The quantitative estimate of drug-likeness (QED) is 0.830. The van der Waals surface area contributed by atoms with Crippen molar-refractivity contribution in [2.24, 2.45) is 11.7 Å². The summed E-state index contributed by atoms with van der Waals surface area (Å²) in [4.78, 5) is 12.6. The zero-order valence-electron chi connectivity index (χ0n) is 11.2. The summed E-state index contributed by atoms with van der Waals surface area (Å²) in [6.45, 7) is 6.12. The van der Waals surface area contributed by atoms with Gasteiger partial charge in [0, 0.05) is 19.5 Å². The van der Waals surface area contributed by atoms with Gasteiger partial charge in [0.1, 0.15) is 17.0 Å². The van der Waals surface area contributed by atoms with Crippen LogP contribution in [0.5, 0.6) is 0 Å². The number of aromatic nitrogens is 2. The van der Waals surface area contributed by atoms with Crippen LogP contribution in [0.25, 0.3) is 10.2 Å². The lowest BCUT2D eigenvalue weighted by atomic mass is 10.2. The van der Waals surface area contributed by atoms with E-state index in [1.807, 2.05) is 5.38 Å². The maximum absolute atomic E-state index is 5.62.